The minimum absolute atomic E-state index is 0.00138. The summed E-state index contributed by atoms with van der Waals surface area (Å²) in [5.41, 5.74) is 5.16. The molecule has 1 atom stereocenters. The number of hydrogen-bond donors (Lipinski definition) is 0. The first-order chi connectivity index (χ1) is 12.5. The summed E-state index contributed by atoms with van der Waals surface area (Å²) in [6.45, 7) is 9.46. The maximum absolute atomic E-state index is 13.8. The van der Waals surface area contributed by atoms with Gasteiger partial charge in [0.05, 0.1) is 24.4 Å². The number of morpholine rings is 1. The molecule has 1 spiro atoms. The van der Waals surface area contributed by atoms with Gasteiger partial charge < -0.3 is 9.64 Å². The molecule has 26 heavy (non-hydrogen) atoms. The van der Waals surface area contributed by atoms with Crippen molar-refractivity contribution in [3.05, 3.63) is 28.8 Å². The summed E-state index contributed by atoms with van der Waals surface area (Å²) in [5, 5.41) is 0. The van der Waals surface area contributed by atoms with Crippen molar-refractivity contribution in [1.82, 2.24) is 4.90 Å². The SMILES string of the molecule is Cc1ccc(C)c2c1[C@H](C)CC1(CCCCC1)N2C(=O)N1CCOCC1. The van der Waals surface area contributed by atoms with Crippen LogP contribution in [0.15, 0.2) is 12.1 Å². The monoisotopic (exact) mass is 356 g/mol. The van der Waals surface area contributed by atoms with Crippen LogP contribution in [-0.2, 0) is 4.74 Å². The van der Waals surface area contributed by atoms with Gasteiger partial charge in [-0.2, -0.15) is 0 Å². The third-order valence-electron chi connectivity index (χ3n) is 6.77. The Labute approximate surface area is 157 Å². The van der Waals surface area contributed by atoms with E-state index in [1.807, 2.05) is 4.90 Å². The Morgan fingerprint density at radius 1 is 1.08 bits per heavy atom. The normalized spacial score (nSPS) is 25.3. The number of benzene rings is 1. The van der Waals surface area contributed by atoms with Gasteiger partial charge in [0.25, 0.3) is 0 Å². The largest absolute Gasteiger partial charge is 0.378 e. The van der Waals surface area contributed by atoms with Gasteiger partial charge >= 0.3 is 6.03 Å². The number of hydrogen-bond acceptors (Lipinski definition) is 2. The number of nitrogens with zero attached hydrogens (tertiary/aromatic N) is 2. The lowest BCUT2D eigenvalue weighted by Crippen LogP contribution is -2.61. The highest BCUT2D eigenvalue weighted by Crippen LogP contribution is 2.51. The molecule has 4 rings (SSSR count). The molecule has 1 saturated heterocycles. The van der Waals surface area contributed by atoms with Crippen LogP contribution in [0.2, 0.25) is 0 Å². The highest BCUT2D eigenvalue weighted by molar-refractivity contribution is 5.96. The first-order valence-electron chi connectivity index (χ1n) is 10.3. The van der Waals surface area contributed by atoms with Crippen molar-refractivity contribution in [3.8, 4) is 0 Å². The van der Waals surface area contributed by atoms with E-state index in [-0.39, 0.29) is 11.6 Å². The third kappa shape index (κ3) is 2.83. The molecule has 0 radical (unpaired) electrons. The van der Waals surface area contributed by atoms with E-state index in [0.717, 1.165) is 19.3 Å². The minimum atomic E-state index is -0.00138. The molecule has 0 aromatic heterocycles. The number of carbonyl (C=O) groups excluding carboxylic acids is 1. The Bertz CT molecular complexity index is 688. The van der Waals surface area contributed by atoms with Gasteiger partial charge in [-0.3, -0.25) is 4.90 Å². The first kappa shape index (κ1) is 17.8. The Balaban J connectivity index is 1.84. The van der Waals surface area contributed by atoms with Gasteiger partial charge in [-0.05, 0) is 55.7 Å². The van der Waals surface area contributed by atoms with Crippen molar-refractivity contribution in [2.45, 2.75) is 70.8 Å². The number of rotatable bonds is 0. The molecule has 3 aliphatic rings. The van der Waals surface area contributed by atoms with Gasteiger partial charge in [0.1, 0.15) is 0 Å². The molecule has 1 saturated carbocycles. The van der Waals surface area contributed by atoms with Crippen LogP contribution in [0.5, 0.6) is 0 Å². The summed E-state index contributed by atoms with van der Waals surface area (Å²) in [6, 6.07) is 4.63. The zero-order valence-corrected chi connectivity index (χ0v) is 16.5. The second kappa shape index (κ2) is 6.88. The van der Waals surface area contributed by atoms with Crippen LogP contribution in [-0.4, -0.2) is 42.8 Å². The lowest BCUT2D eigenvalue weighted by molar-refractivity contribution is 0.0522. The number of urea groups is 1. The van der Waals surface area contributed by atoms with E-state index < -0.39 is 0 Å². The summed E-state index contributed by atoms with van der Waals surface area (Å²) >= 11 is 0. The van der Waals surface area contributed by atoms with E-state index in [1.165, 1.54) is 41.6 Å². The van der Waals surface area contributed by atoms with Gasteiger partial charge in [0.2, 0.25) is 0 Å². The lowest BCUT2D eigenvalue weighted by atomic mass is 9.69. The number of amides is 2. The molecule has 0 bridgehead atoms. The quantitative estimate of drug-likeness (QED) is 0.671. The molecule has 1 aromatic rings. The molecular formula is C22H32N2O2. The van der Waals surface area contributed by atoms with Gasteiger partial charge in [-0.1, -0.05) is 38.3 Å². The molecule has 2 heterocycles. The Hall–Kier alpha value is -1.55. The number of ether oxygens (including phenoxy) is 1. The Kier molecular flexibility index (Phi) is 4.72. The van der Waals surface area contributed by atoms with E-state index in [2.05, 4.69) is 37.8 Å². The van der Waals surface area contributed by atoms with Crippen LogP contribution in [0.25, 0.3) is 0 Å². The first-order valence-corrected chi connectivity index (χ1v) is 10.3. The number of anilines is 1. The molecule has 2 fully saturated rings. The van der Waals surface area contributed by atoms with Crippen LogP contribution in [0, 0.1) is 13.8 Å². The van der Waals surface area contributed by atoms with Crippen molar-refractivity contribution >= 4 is 11.7 Å². The van der Waals surface area contributed by atoms with Crippen molar-refractivity contribution in [2.75, 3.05) is 31.2 Å². The molecule has 1 aliphatic carbocycles. The highest BCUT2D eigenvalue weighted by atomic mass is 16.5. The number of fused-ring (bicyclic) bond motifs is 1. The van der Waals surface area contributed by atoms with E-state index in [9.17, 15) is 4.79 Å². The molecule has 1 aromatic carbocycles. The Morgan fingerprint density at radius 3 is 2.42 bits per heavy atom. The zero-order chi connectivity index (χ0) is 18.3. The average Bonchev–Trinajstić information content (AvgIpc) is 2.65. The topological polar surface area (TPSA) is 32.8 Å². The summed E-state index contributed by atoms with van der Waals surface area (Å²) in [4.78, 5) is 18.0. The van der Waals surface area contributed by atoms with E-state index in [1.54, 1.807) is 0 Å². The molecule has 142 valence electrons. The second-order valence-corrected chi connectivity index (χ2v) is 8.57. The standard InChI is InChI=1S/C22H32N2O2/c1-16-7-8-17(2)20-19(16)18(3)15-22(9-5-4-6-10-22)24(20)21(25)23-11-13-26-14-12-23/h7-8,18H,4-6,9-15H2,1-3H3/t18-/m1/s1. The van der Waals surface area contributed by atoms with Crippen molar-refractivity contribution in [3.63, 3.8) is 0 Å². The smallest absolute Gasteiger partial charge is 0.325 e. The number of carbonyl (C=O) groups is 1. The molecule has 2 aliphatic heterocycles. The van der Waals surface area contributed by atoms with Crippen molar-refractivity contribution < 1.29 is 9.53 Å². The van der Waals surface area contributed by atoms with E-state index in [0.29, 0.717) is 32.2 Å². The minimum Gasteiger partial charge on any atom is -0.378 e. The number of aryl methyl sites for hydroxylation is 2. The summed E-state index contributed by atoms with van der Waals surface area (Å²) in [5.74, 6) is 0.511. The van der Waals surface area contributed by atoms with Crippen LogP contribution >= 0.6 is 0 Å². The van der Waals surface area contributed by atoms with E-state index >= 15 is 0 Å². The molecule has 0 N–H and O–H groups in total. The molecule has 4 nitrogen and oxygen atoms in total. The summed E-state index contributed by atoms with van der Waals surface area (Å²) < 4.78 is 5.49. The zero-order valence-electron chi connectivity index (χ0n) is 16.5. The second-order valence-electron chi connectivity index (χ2n) is 8.57. The van der Waals surface area contributed by atoms with Gasteiger partial charge in [-0.25, -0.2) is 4.79 Å². The fourth-order valence-corrected chi connectivity index (χ4v) is 5.57. The maximum Gasteiger partial charge on any atom is 0.325 e. The predicted octanol–water partition coefficient (Wildman–Crippen LogP) is 4.77. The predicted molar refractivity (Wildman–Crippen MR) is 105 cm³/mol. The third-order valence-corrected chi connectivity index (χ3v) is 6.77. The van der Waals surface area contributed by atoms with Gasteiger partial charge in [0, 0.05) is 13.1 Å². The van der Waals surface area contributed by atoms with Crippen LogP contribution in [0.4, 0.5) is 10.5 Å². The molecule has 2 amide bonds. The van der Waals surface area contributed by atoms with Crippen molar-refractivity contribution in [1.29, 1.82) is 0 Å². The molecule has 0 unspecified atom stereocenters. The highest BCUT2D eigenvalue weighted by Gasteiger charge is 2.48. The van der Waals surface area contributed by atoms with Crippen molar-refractivity contribution in [2.24, 2.45) is 0 Å². The van der Waals surface area contributed by atoms with Crippen LogP contribution in [0.1, 0.15) is 68.1 Å². The van der Waals surface area contributed by atoms with E-state index in [4.69, 9.17) is 4.74 Å². The summed E-state index contributed by atoms with van der Waals surface area (Å²) in [6.07, 6.45) is 7.15. The van der Waals surface area contributed by atoms with Gasteiger partial charge in [-0.15, -0.1) is 0 Å². The van der Waals surface area contributed by atoms with Crippen LogP contribution in [0.3, 0.4) is 0 Å². The average molecular weight is 357 g/mol. The molecule has 4 heteroatoms. The molecular weight excluding hydrogens is 324 g/mol. The van der Waals surface area contributed by atoms with Gasteiger partial charge in [0.15, 0.2) is 0 Å². The summed E-state index contributed by atoms with van der Waals surface area (Å²) in [7, 11) is 0. The fourth-order valence-electron chi connectivity index (χ4n) is 5.57. The fraction of sp³-hybridized carbons (Fsp3) is 0.682. The maximum atomic E-state index is 13.8. The Morgan fingerprint density at radius 2 is 1.73 bits per heavy atom. The van der Waals surface area contributed by atoms with Crippen LogP contribution < -0.4 is 4.90 Å². The lowest BCUT2D eigenvalue weighted by Gasteiger charge is -2.54.